The number of para-hydroxylation sites is 2. The summed E-state index contributed by atoms with van der Waals surface area (Å²) in [5, 5.41) is 1.07. The van der Waals surface area contributed by atoms with Gasteiger partial charge in [0.1, 0.15) is 5.75 Å². The van der Waals surface area contributed by atoms with Crippen LogP contribution < -0.4 is 10.5 Å². The lowest BCUT2D eigenvalue weighted by atomic mass is 10.1. The van der Waals surface area contributed by atoms with Gasteiger partial charge in [0.05, 0.1) is 5.52 Å². The molecule has 0 bridgehead atoms. The normalized spacial score (nSPS) is 10.7. The molecule has 3 rings (SSSR count). The molecule has 0 spiro atoms. The average Bonchev–Trinajstić information content (AvgIpc) is 2.49. The number of fused-ring (bicyclic) bond motifs is 1. The second kappa shape index (κ2) is 5.31. The Kier molecular flexibility index (Phi) is 3.35. The average molecular weight is 264 g/mol. The van der Waals surface area contributed by atoms with Crippen molar-refractivity contribution < 1.29 is 4.74 Å². The van der Waals surface area contributed by atoms with Crippen molar-refractivity contribution >= 4 is 10.9 Å². The third-order valence-electron chi connectivity index (χ3n) is 3.28. The number of hydrogen-bond donors (Lipinski definition) is 1. The van der Waals surface area contributed by atoms with Crippen molar-refractivity contribution in [2.75, 3.05) is 0 Å². The Balaban J connectivity index is 2.08. The maximum absolute atomic E-state index is 5.95. The molecule has 0 saturated carbocycles. The van der Waals surface area contributed by atoms with Crippen molar-refractivity contribution in [1.82, 2.24) is 4.98 Å². The molecule has 3 aromatic rings. The van der Waals surface area contributed by atoms with E-state index >= 15 is 0 Å². The van der Waals surface area contributed by atoms with Crippen LogP contribution in [0.4, 0.5) is 0 Å². The number of nitrogens with two attached hydrogens (primary N) is 1. The molecule has 0 amide bonds. The summed E-state index contributed by atoms with van der Waals surface area (Å²) < 4.78 is 5.95. The van der Waals surface area contributed by atoms with E-state index in [0.717, 1.165) is 27.8 Å². The molecular weight excluding hydrogens is 248 g/mol. The van der Waals surface area contributed by atoms with E-state index in [9.17, 15) is 0 Å². The van der Waals surface area contributed by atoms with E-state index in [-0.39, 0.29) is 0 Å². The van der Waals surface area contributed by atoms with Gasteiger partial charge in [0.25, 0.3) is 0 Å². The first-order valence-electron chi connectivity index (χ1n) is 6.60. The number of aryl methyl sites for hydroxylation is 1. The lowest BCUT2D eigenvalue weighted by molar-refractivity contribution is 0.455. The van der Waals surface area contributed by atoms with Gasteiger partial charge in [0, 0.05) is 17.5 Å². The summed E-state index contributed by atoms with van der Waals surface area (Å²) in [5.41, 5.74) is 8.71. The largest absolute Gasteiger partial charge is 0.438 e. The van der Waals surface area contributed by atoms with Crippen LogP contribution in [0.15, 0.2) is 54.6 Å². The highest BCUT2D eigenvalue weighted by Crippen LogP contribution is 2.28. The smallest absolute Gasteiger partial charge is 0.224 e. The quantitative estimate of drug-likeness (QED) is 0.782. The first kappa shape index (κ1) is 12.6. The molecule has 1 heterocycles. The number of nitrogens with zero attached hydrogens (tertiary/aromatic N) is 1. The number of aromatic nitrogens is 1. The van der Waals surface area contributed by atoms with Gasteiger partial charge in [-0.3, -0.25) is 0 Å². The van der Waals surface area contributed by atoms with Crippen LogP contribution in [-0.4, -0.2) is 4.98 Å². The van der Waals surface area contributed by atoms with Crippen LogP contribution in [0.5, 0.6) is 11.6 Å². The summed E-state index contributed by atoms with van der Waals surface area (Å²) in [6.07, 6.45) is 0. The molecule has 0 aliphatic carbocycles. The summed E-state index contributed by atoms with van der Waals surface area (Å²) in [7, 11) is 0. The first-order valence-corrected chi connectivity index (χ1v) is 6.60. The summed E-state index contributed by atoms with van der Waals surface area (Å²) in [6, 6.07) is 17.9. The van der Waals surface area contributed by atoms with Gasteiger partial charge in [-0.25, -0.2) is 4.98 Å². The molecule has 2 N–H and O–H groups in total. The third-order valence-corrected chi connectivity index (χ3v) is 3.28. The van der Waals surface area contributed by atoms with Gasteiger partial charge in [0.15, 0.2) is 0 Å². The first-order chi connectivity index (χ1) is 9.78. The molecular formula is C17H16N2O. The van der Waals surface area contributed by atoms with Crippen molar-refractivity contribution in [1.29, 1.82) is 0 Å². The Labute approximate surface area is 118 Å². The van der Waals surface area contributed by atoms with E-state index < -0.39 is 0 Å². The fourth-order valence-electron chi connectivity index (χ4n) is 2.15. The maximum Gasteiger partial charge on any atom is 0.224 e. The predicted octanol–water partition coefficient (Wildman–Crippen LogP) is 3.79. The molecule has 0 saturated heterocycles. The molecule has 0 aliphatic heterocycles. The molecule has 0 radical (unpaired) electrons. The fourth-order valence-corrected chi connectivity index (χ4v) is 2.15. The van der Waals surface area contributed by atoms with Crippen LogP contribution in [0.3, 0.4) is 0 Å². The van der Waals surface area contributed by atoms with Crippen LogP contribution in [-0.2, 0) is 6.54 Å². The zero-order valence-electron chi connectivity index (χ0n) is 11.3. The number of rotatable bonds is 3. The monoisotopic (exact) mass is 264 g/mol. The maximum atomic E-state index is 5.95. The zero-order chi connectivity index (χ0) is 13.9. The van der Waals surface area contributed by atoms with Gasteiger partial charge in [-0.15, -0.1) is 0 Å². The van der Waals surface area contributed by atoms with Gasteiger partial charge in [-0.1, -0.05) is 36.4 Å². The van der Waals surface area contributed by atoms with Gasteiger partial charge in [-0.2, -0.15) is 0 Å². The van der Waals surface area contributed by atoms with E-state index in [2.05, 4.69) is 4.98 Å². The molecule has 1 aromatic heterocycles. The molecule has 3 heteroatoms. The molecule has 3 nitrogen and oxygen atoms in total. The van der Waals surface area contributed by atoms with Gasteiger partial charge in [0.2, 0.25) is 5.88 Å². The minimum Gasteiger partial charge on any atom is -0.438 e. The third kappa shape index (κ3) is 2.36. The molecule has 0 fully saturated rings. The van der Waals surface area contributed by atoms with Crippen LogP contribution >= 0.6 is 0 Å². The molecule has 0 unspecified atom stereocenters. The molecule has 20 heavy (non-hydrogen) atoms. The number of benzene rings is 2. The Morgan fingerprint density at radius 2 is 1.80 bits per heavy atom. The predicted molar refractivity (Wildman–Crippen MR) is 80.9 cm³/mol. The van der Waals surface area contributed by atoms with Gasteiger partial charge >= 0.3 is 0 Å². The Morgan fingerprint density at radius 3 is 2.60 bits per heavy atom. The van der Waals surface area contributed by atoms with Crippen LogP contribution in [0.2, 0.25) is 0 Å². The number of pyridine rings is 1. The lowest BCUT2D eigenvalue weighted by Crippen LogP contribution is -2.02. The van der Waals surface area contributed by atoms with E-state index in [1.54, 1.807) is 0 Å². The lowest BCUT2D eigenvalue weighted by Gasteiger charge is -2.12. The second-order valence-electron chi connectivity index (χ2n) is 4.72. The Hall–Kier alpha value is -2.39. The summed E-state index contributed by atoms with van der Waals surface area (Å²) in [6.45, 7) is 2.41. The highest BCUT2D eigenvalue weighted by atomic mass is 16.5. The van der Waals surface area contributed by atoms with Crippen molar-refractivity contribution in [3.63, 3.8) is 0 Å². The zero-order valence-corrected chi connectivity index (χ0v) is 11.3. The SMILES string of the molecule is Cc1ccccc1Oc1nc2ccccc2cc1CN. The van der Waals surface area contributed by atoms with Gasteiger partial charge < -0.3 is 10.5 Å². The molecule has 100 valence electrons. The Bertz CT molecular complexity index is 753. The van der Waals surface area contributed by atoms with Gasteiger partial charge in [-0.05, 0) is 30.7 Å². The topological polar surface area (TPSA) is 48.1 Å². The molecule has 2 aromatic carbocycles. The van der Waals surface area contributed by atoms with E-state index in [0.29, 0.717) is 12.4 Å². The van der Waals surface area contributed by atoms with Crippen LogP contribution in [0, 0.1) is 6.92 Å². The minimum absolute atomic E-state index is 0.402. The summed E-state index contributed by atoms with van der Waals surface area (Å²) >= 11 is 0. The fraction of sp³-hybridized carbons (Fsp3) is 0.118. The highest BCUT2D eigenvalue weighted by molar-refractivity contribution is 5.80. The molecule has 0 atom stereocenters. The van der Waals surface area contributed by atoms with E-state index in [1.807, 2.05) is 61.5 Å². The van der Waals surface area contributed by atoms with Crippen molar-refractivity contribution in [2.45, 2.75) is 13.5 Å². The molecule has 0 aliphatic rings. The van der Waals surface area contributed by atoms with Crippen LogP contribution in [0.1, 0.15) is 11.1 Å². The highest BCUT2D eigenvalue weighted by Gasteiger charge is 2.09. The van der Waals surface area contributed by atoms with Crippen molar-refractivity contribution in [3.8, 4) is 11.6 Å². The van der Waals surface area contributed by atoms with E-state index in [1.165, 1.54) is 0 Å². The number of hydrogen-bond acceptors (Lipinski definition) is 3. The minimum atomic E-state index is 0.402. The van der Waals surface area contributed by atoms with E-state index in [4.69, 9.17) is 10.5 Å². The standard InChI is InChI=1S/C17H16N2O/c1-12-6-2-5-9-16(12)20-17-14(11-18)10-13-7-3-4-8-15(13)19-17/h2-10H,11,18H2,1H3. The van der Waals surface area contributed by atoms with Crippen molar-refractivity contribution in [2.24, 2.45) is 5.73 Å². The summed E-state index contributed by atoms with van der Waals surface area (Å²) in [4.78, 5) is 4.58. The second-order valence-corrected chi connectivity index (χ2v) is 4.72. The summed E-state index contributed by atoms with van der Waals surface area (Å²) in [5.74, 6) is 1.39. The van der Waals surface area contributed by atoms with Crippen LogP contribution in [0.25, 0.3) is 10.9 Å². The number of ether oxygens (including phenoxy) is 1. The van der Waals surface area contributed by atoms with Crippen molar-refractivity contribution in [3.05, 3.63) is 65.7 Å². The Morgan fingerprint density at radius 1 is 1.05 bits per heavy atom.